The molecule has 8 nitrogen and oxygen atoms in total. The third-order valence-corrected chi connectivity index (χ3v) is 8.25. The van der Waals surface area contributed by atoms with Gasteiger partial charge in [-0.05, 0) is 58.3 Å². The summed E-state index contributed by atoms with van der Waals surface area (Å²) >= 11 is 1.18. The van der Waals surface area contributed by atoms with E-state index in [9.17, 15) is 18.0 Å². The van der Waals surface area contributed by atoms with Crippen LogP contribution in [0, 0.1) is 0 Å². The van der Waals surface area contributed by atoms with Gasteiger partial charge in [-0.3, -0.25) is 9.48 Å². The van der Waals surface area contributed by atoms with Gasteiger partial charge in [0.2, 0.25) is 5.95 Å². The minimum Gasteiger partial charge on any atom is -0.352 e. The molecular weight excluding hydrogens is 491 g/mol. The lowest BCUT2D eigenvalue weighted by Gasteiger charge is -2.29. The van der Waals surface area contributed by atoms with Gasteiger partial charge in [-0.2, -0.15) is 18.3 Å². The number of carbonyl (C=O) groups excluding carboxylic acids is 1. The summed E-state index contributed by atoms with van der Waals surface area (Å²) < 4.78 is 43.6. The Morgan fingerprint density at radius 3 is 2.67 bits per heavy atom. The van der Waals surface area contributed by atoms with E-state index in [0.29, 0.717) is 35.4 Å². The van der Waals surface area contributed by atoms with Gasteiger partial charge >= 0.3 is 6.18 Å². The Labute approximate surface area is 209 Å². The number of halogens is 3. The maximum atomic E-state index is 13.9. The maximum Gasteiger partial charge on any atom is 0.420 e. The molecule has 2 fully saturated rings. The van der Waals surface area contributed by atoms with Crippen molar-refractivity contribution < 1.29 is 18.0 Å². The normalized spacial score (nSPS) is 19.3. The summed E-state index contributed by atoms with van der Waals surface area (Å²) in [6.45, 7) is 2.47. The predicted molar refractivity (Wildman–Crippen MR) is 130 cm³/mol. The fraction of sp³-hybridized carbons (Fsp3) is 0.500. The molecule has 5 heterocycles. The van der Waals surface area contributed by atoms with E-state index in [1.807, 2.05) is 10.9 Å². The molecule has 36 heavy (non-hydrogen) atoms. The lowest BCUT2D eigenvalue weighted by Crippen LogP contribution is -2.31. The van der Waals surface area contributed by atoms with Crippen LogP contribution >= 0.6 is 11.3 Å². The van der Waals surface area contributed by atoms with E-state index in [0.717, 1.165) is 61.2 Å². The number of alkyl halides is 3. The van der Waals surface area contributed by atoms with Gasteiger partial charge in [0.15, 0.2) is 0 Å². The molecule has 1 saturated heterocycles. The number of hydrogen-bond donors (Lipinski definition) is 2. The van der Waals surface area contributed by atoms with Crippen LogP contribution in [0.2, 0.25) is 0 Å². The van der Waals surface area contributed by atoms with E-state index in [-0.39, 0.29) is 17.5 Å². The lowest BCUT2D eigenvalue weighted by atomic mass is 10.1. The minimum atomic E-state index is -4.63. The van der Waals surface area contributed by atoms with Crippen LogP contribution in [0.5, 0.6) is 0 Å². The Kier molecular flexibility index (Phi) is 5.75. The summed E-state index contributed by atoms with van der Waals surface area (Å²) in [5.74, 6) is 0.158. The van der Waals surface area contributed by atoms with Crippen molar-refractivity contribution in [2.45, 2.75) is 50.2 Å². The first-order valence-corrected chi connectivity index (χ1v) is 13.0. The number of hydrogen-bond acceptors (Lipinski definition) is 7. The standard InChI is InChI=1S/C24H26F3N7OS/c1-33-8-5-14(6-9-33)34-12-17(20(32-34)13-2-3-13)30-23-29-11-16(24(25,26)27)21(31-23)19-10-15-18(36-19)4-7-28-22(15)35/h10-14H,2-9H2,1H3,(H,28,35)(H,29,30,31). The van der Waals surface area contributed by atoms with Gasteiger partial charge in [0.05, 0.1) is 33.6 Å². The predicted octanol–water partition coefficient (Wildman–Crippen LogP) is 4.59. The molecule has 0 radical (unpaired) electrons. The summed E-state index contributed by atoms with van der Waals surface area (Å²) in [5.41, 5.74) is 0.937. The molecule has 0 bridgehead atoms. The zero-order valence-corrected chi connectivity index (χ0v) is 20.5. The van der Waals surface area contributed by atoms with Crippen molar-refractivity contribution in [3.8, 4) is 10.6 Å². The summed E-state index contributed by atoms with van der Waals surface area (Å²) in [5, 5.41) is 10.8. The Hall–Kier alpha value is -2.99. The Bertz CT molecular complexity index is 1310. The number of fused-ring (bicyclic) bond motifs is 1. The van der Waals surface area contributed by atoms with Gasteiger partial charge in [0, 0.05) is 29.7 Å². The fourth-order valence-corrected chi connectivity index (χ4v) is 6.03. The second-order valence-electron chi connectivity index (χ2n) is 9.75. The van der Waals surface area contributed by atoms with E-state index in [1.54, 1.807) is 0 Å². The molecule has 1 aliphatic carbocycles. The fourth-order valence-electron chi connectivity index (χ4n) is 4.87. The highest BCUT2D eigenvalue weighted by atomic mass is 32.1. The van der Waals surface area contributed by atoms with E-state index in [4.69, 9.17) is 5.10 Å². The number of piperidine rings is 1. The number of anilines is 2. The van der Waals surface area contributed by atoms with Gasteiger partial charge in [0.25, 0.3) is 5.91 Å². The van der Waals surface area contributed by atoms with Crippen molar-refractivity contribution in [1.82, 2.24) is 30.0 Å². The number of nitrogens with one attached hydrogen (secondary N) is 2. The van der Waals surface area contributed by atoms with Crippen LogP contribution in [0.15, 0.2) is 18.5 Å². The van der Waals surface area contributed by atoms with Crippen LogP contribution in [0.3, 0.4) is 0 Å². The molecule has 0 unspecified atom stereocenters. The summed E-state index contributed by atoms with van der Waals surface area (Å²) in [6, 6.07) is 1.80. The van der Waals surface area contributed by atoms with Crippen LogP contribution in [-0.2, 0) is 12.6 Å². The molecule has 190 valence electrons. The third kappa shape index (κ3) is 4.47. The second kappa shape index (κ2) is 8.84. The van der Waals surface area contributed by atoms with E-state index >= 15 is 0 Å². The van der Waals surface area contributed by atoms with Gasteiger partial charge in [-0.1, -0.05) is 0 Å². The number of aromatic nitrogens is 4. The second-order valence-corrected chi connectivity index (χ2v) is 10.9. The average molecular weight is 518 g/mol. The highest BCUT2D eigenvalue weighted by molar-refractivity contribution is 7.15. The van der Waals surface area contributed by atoms with Crippen LogP contribution in [-0.4, -0.2) is 57.2 Å². The van der Waals surface area contributed by atoms with Crippen LogP contribution < -0.4 is 10.6 Å². The first-order valence-electron chi connectivity index (χ1n) is 12.2. The molecule has 3 aromatic rings. The van der Waals surface area contributed by atoms with Gasteiger partial charge in [0.1, 0.15) is 5.56 Å². The van der Waals surface area contributed by atoms with Crippen LogP contribution in [0.25, 0.3) is 10.6 Å². The number of thiophene rings is 1. The van der Waals surface area contributed by atoms with Crippen molar-refractivity contribution in [1.29, 1.82) is 0 Å². The molecule has 2 N–H and O–H groups in total. The molecule has 3 aliphatic rings. The molecule has 12 heteroatoms. The number of carbonyl (C=O) groups is 1. The Morgan fingerprint density at radius 2 is 1.97 bits per heavy atom. The summed E-state index contributed by atoms with van der Waals surface area (Å²) in [4.78, 5) is 23.9. The number of likely N-dealkylation sites (tertiary alicyclic amines) is 1. The maximum absolute atomic E-state index is 13.9. The van der Waals surface area contributed by atoms with Crippen LogP contribution in [0.1, 0.15) is 64.1 Å². The highest BCUT2D eigenvalue weighted by Gasteiger charge is 2.37. The summed E-state index contributed by atoms with van der Waals surface area (Å²) in [7, 11) is 2.11. The van der Waals surface area contributed by atoms with Crippen molar-refractivity contribution in [2.75, 3.05) is 32.0 Å². The topological polar surface area (TPSA) is 88.0 Å². The Balaban J connectivity index is 1.35. The van der Waals surface area contributed by atoms with E-state index in [1.165, 1.54) is 17.4 Å². The first-order chi connectivity index (χ1) is 17.3. The van der Waals surface area contributed by atoms with E-state index < -0.39 is 11.7 Å². The average Bonchev–Trinajstić information content (AvgIpc) is 3.44. The van der Waals surface area contributed by atoms with Crippen molar-refractivity contribution in [2.24, 2.45) is 0 Å². The molecule has 1 saturated carbocycles. The quantitative estimate of drug-likeness (QED) is 0.515. The molecule has 0 atom stereocenters. The SMILES string of the molecule is CN1CCC(n2cc(Nc3ncc(C(F)(F)F)c(-c4cc5c(s4)CCNC5=O)n3)c(C3CC3)n2)CC1. The molecule has 2 aliphatic heterocycles. The van der Waals surface area contributed by atoms with Gasteiger partial charge < -0.3 is 15.5 Å². The van der Waals surface area contributed by atoms with Crippen LogP contribution in [0.4, 0.5) is 24.8 Å². The zero-order chi connectivity index (χ0) is 25.0. The van der Waals surface area contributed by atoms with Crippen molar-refractivity contribution in [3.05, 3.63) is 40.2 Å². The van der Waals surface area contributed by atoms with E-state index in [2.05, 4.69) is 32.5 Å². The van der Waals surface area contributed by atoms with Gasteiger partial charge in [-0.25, -0.2) is 9.97 Å². The largest absolute Gasteiger partial charge is 0.420 e. The molecule has 1 amide bonds. The first kappa shape index (κ1) is 23.4. The smallest absolute Gasteiger partial charge is 0.352 e. The highest BCUT2D eigenvalue weighted by Crippen LogP contribution is 2.44. The molecule has 6 rings (SSSR count). The molecule has 0 aromatic carbocycles. The molecular formula is C24H26F3N7OS. The number of nitrogens with zero attached hydrogens (tertiary/aromatic N) is 5. The zero-order valence-electron chi connectivity index (χ0n) is 19.7. The van der Waals surface area contributed by atoms with Gasteiger partial charge in [-0.15, -0.1) is 11.3 Å². The minimum absolute atomic E-state index is 0.0821. The monoisotopic (exact) mass is 517 g/mol. The number of rotatable bonds is 5. The Morgan fingerprint density at radius 1 is 1.19 bits per heavy atom. The number of amides is 1. The van der Waals surface area contributed by atoms with Crippen molar-refractivity contribution in [3.63, 3.8) is 0 Å². The lowest BCUT2D eigenvalue weighted by molar-refractivity contribution is -0.137. The molecule has 3 aromatic heterocycles. The molecule has 0 spiro atoms. The van der Waals surface area contributed by atoms with Crippen molar-refractivity contribution >= 4 is 28.9 Å². The summed E-state index contributed by atoms with van der Waals surface area (Å²) in [6.07, 6.45) is 2.81. The third-order valence-electron chi connectivity index (χ3n) is 7.05.